The predicted octanol–water partition coefficient (Wildman–Crippen LogP) is 3.84. The van der Waals surface area contributed by atoms with Crippen molar-refractivity contribution in [3.8, 4) is 5.75 Å². The van der Waals surface area contributed by atoms with Gasteiger partial charge in [-0.25, -0.2) is 0 Å². The maximum absolute atomic E-state index is 12.6. The average molecular weight is 240 g/mol. The van der Waals surface area contributed by atoms with Gasteiger partial charge in [0.15, 0.2) is 0 Å². The van der Waals surface area contributed by atoms with Crippen LogP contribution in [0.25, 0.3) is 0 Å². The number of halogens is 5. The smallest absolute Gasteiger partial charge is 0.425 e. The Morgan fingerprint density at radius 1 is 1.00 bits per heavy atom. The summed E-state index contributed by atoms with van der Waals surface area (Å²) in [6.45, 7) is 2.96. The summed E-state index contributed by atoms with van der Waals surface area (Å²) in [4.78, 5) is 0. The zero-order valence-corrected chi connectivity index (χ0v) is 8.53. The summed E-state index contributed by atoms with van der Waals surface area (Å²) in [6.07, 6.45) is -10.9. The quantitative estimate of drug-likeness (QED) is 0.713. The molecule has 0 aliphatic heterocycles. The molecule has 0 fully saturated rings. The molecule has 0 N–H and O–H groups in total. The van der Waals surface area contributed by atoms with Crippen molar-refractivity contribution in [1.29, 1.82) is 0 Å². The standard InChI is InChI=1S/C10H9F5O/c1-6-3-4-7(2)8(5-6)16-10(14,15)9(11,12)13/h3-5H,1-2H3. The van der Waals surface area contributed by atoms with E-state index in [1.54, 1.807) is 13.0 Å². The zero-order valence-electron chi connectivity index (χ0n) is 8.53. The van der Waals surface area contributed by atoms with E-state index < -0.39 is 18.0 Å². The van der Waals surface area contributed by atoms with Crippen LogP contribution in [-0.4, -0.2) is 12.3 Å². The molecule has 1 aromatic rings. The van der Waals surface area contributed by atoms with Gasteiger partial charge in [-0.05, 0) is 31.0 Å². The molecule has 16 heavy (non-hydrogen) atoms. The summed E-state index contributed by atoms with van der Waals surface area (Å²) in [7, 11) is 0. The van der Waals surface area contributed by atoms with Crippen LogP contribution in [0.5, 0.6) is 5.75 Å². The molecule has 0 saturated carbocycles. The van der Waals surface area contributed by atoms with Crippen LogP contribution in [0.3, 0.4) is 0 Å². The molecule has 0 spiro atoms. The number of hydrogen-bond acceptors (Lipinski definition) is 1. The van der Waals surface area contributed by atoms with Crippen molar-refractivity contribution in [2.24, 2.45) is 0 Å². The minimum Gasteiger partial charge on any atom is -0.425 e. The molecule has 0 aromatic heterocycles. The summed E-state index contributed by atoms with van der Waals surface area (Å²) in [6, 6.07) is 4.14. The van der Waals surface area contributed by atoms with E-state index in [0.29, 0.717) is 5.56 Å². The first kappa shape index (κ1) is 12.7. The Morgan fingerprint density at radius 2 is 1.56 bits per heavy atom. The molecule has 1 nitrogen and oxygen atoms in total. The number of hydrogen-bond donors (Lipinski definition) is 0. The van der Waals surface area contributed by atoms with Gasteiger partial charge in [-0.15, -0.1) is 0 Å². The lowest BCUT2D eigenvalue weighted by molar-refractivity contribution is -0.360. The van der Waals surface area contributed by atoms with E-state index in [4.69, 9.17) is 0 Å². The average Bonchev–Trinajstić information content (AvgIpc) is 2.09. The number of aryl methyl sites for hydroxylation is 2. The molecule has 0 bridgehead atoms. The highest BCUT2D eigenvalue weighted by Crippen LogP contribution is 2.38. The van der Waals surface area contributed by atoms with Gasteiger partial charge in [0.05, 0.1) is 0 Å². The van der Waals surface area contributed by atoms with E-state index in [1.807, 2.05) is 0 Å². The highest BCUT2D eigenvalue weighted by Gasteiger charge is 2.61. The predicted molar refractivity (Wildman–Crippen MR) is 47.5 cm³/mol. The van der Waals surface area contributed by atoms with Crippen molar-refractivity contribution in [3.05, 3.63) is 29.3 Å². The molecule has 90 valence electrons. The second kappa shape index (κ2) is 3.92. The second-order valence-electron chi connectivity index (χ2n) is 3.39. The van der Waals surface area contributed by atoms with Crippen molar-refractivity contribution in [1.82, 2.24) is 0 Å². The maximum atomic E-state index is 12.6. The maximum Gasteiger partial charge on any atom is 0.499 e. The molecule has 0 heterocycles. The van der Waals surface area contributed by atoms with Crippen LogP contribution in [-0.2, 0) is 0 Å². The van der Waals surface area contributed by atoms with Gasteiger partial charge in [0, 0.05) is 0 Å². The van der Waals surface area contributed by atoms with Crippen molar-refractivity contribution >= 4 is 0 Å². The Labute approximate surface area is 88.8 Å². The highest BCUT2D eigenvalue weighted by atomic mass is 19.4. The van der Waals surface area contributed by atoms with Crippen LogP contribution in [0.15, 0.2) is 18.2 Å². The van der Waals surface area contributed by atoms with Gasteiger partial charge in [-0.1, -0.05) is 12.1 Å². The van der Waals surface area contributed by atoms with Crippen LogP contribution in [0.2, 0.25) is 0 Å². The Hall–Kier alpha value is -1.33. The molecule has 1 rings (SSSR count). The Bertz CT molecular complexity index is 383. The molecule has 0 radical (unpaired) electrons. The summed E-state index contributed by atoms with van der Waals surface area (Å²) >= 11 is 0. The van der Waals surface area contributed by atoms with E-state index in [1.165, 1.54) is 13.0 Å². The number of alkyl halides is 5. The number of rotatable bonds is 2. The summed E-state index contributed by atoms with van der Waals surface area (Å²) < 4.78 is 64.5. The topological polar surface area (TPSA) is 9.23 Å². The first-order valence-corrected chi connectivity index (χ1v) is 4.34. The van der Waals surface area contributed by atoms with E-state index in [2.05, 4.69) is 4.74 Å². The Kier molecular flexibility index (Phi) is 3.12. The van der Waals surface area contributed by atoms with Crippen molar-refractivity contribution in [2.75, 3.05) is 0 Å². The van der Waals surface area contributed by atoms with Crippen molar-refractivity contribution in [3.63, 3.8) is 0 Å². The van der Waals surface area contributed by atoms with Gasteiger partial charge in [0.2, 0.25) is 0 Å². The van der Waals surface area contributed by atoms with Gasteiger partial charge in [0.1, 0.15) is 5.75 Å². The lowest BCUT2D eigenvalue weighted by Crippen LogP contribution is -2.42. The summed E-state index contributed by atoms with van der Waals surface area (Å²) in [5.41, 5.74) is 0.757. The van der Waals surface area contributed by atoms with Gasteiger partial charge >= 0.3 is 12.3 Å². The molecule has 6 heteroatoms. The minimum absolute atomic E-state index is 0.217. The Morgan fingerprint density at radius 3 is 2.06 bits per heavy atom. The lowest BCUT2D eigenvalue weighted by Gasteiger charge is -2.21. The monoisotopic (exact) mass is 240 g/mol. The zero-order chi connectivity index (χ0) is 12.6. The SMILES string of the molecule is Cc1ccc(C)c(OC(F)(F)C(F)(F)F)c1. The molecule has 0 atom stereocenters. The van der Waals surface area contributed by atoms with Crippen molar-refractivity contribution < 1.29 is 26.7 Å². The third-order valence-corrected chi connectivity index (χ3v) is 1.91. The first-order valence-electron chi connectivity index (χ1n) is 4.34. The van der Waals surface area contributed by atoms with Gasteiger partial charge in [-0.2, -0.15) is 22.0 Å². The van der Waals surface area contributed by atoms with Crippen LogP contribution in [0.1, 0.15) is 11.1 Å². The molecule has 0 aliphatic rings. The van der Waals surface area contributed by atoms with Crippen LogP contribution < -0.4 is 4.74 Å². The normalized spacial score (nSPS) is 12.7. The van der Waals surface area contributed by atoms with E-state index in [-0.39, 0.29) is 5.56 Å². The molecule has 1 aromatic carbocycles. The fourth-order valence-corrected chi connectivity index (χ4v) is 1.01. The second-order valence-corrected chi connectivity index (χ2v) is 3.39. The van der Waals surface area contributed by atoms with Crippen LogP contribution >= 0.6 is 0 Å². The van der Waals surface area contributed by atoms with E-state index in [0.717, 1.165) is 6.07 Å². The van der Waals surface area contributed by atoms with Gasteiger partial charge in [0.25, 0.3) is 0 Å². The van der Waals surface area contributed by atoms with E-state index >= 15 is 0 Å². The molecule has 0 saturated heterocycles. The first-order chi connectivity index (χ1) is 7.13. The molecule has 0 aliphatic carbocycles. The Balaban J connectivity index is 3.01. The number of benzene rings is 1. The lowest BCUT2D eigenvalue weighted by atomic mass is 10.1. The molecule has 0 unspecified atom stereocenters. The molecular weight excluding hydrogens is 231 g/mol. The van der Waals surface area contributed by atoms with Crippen molar-refractivity contribution in [2.45, 2.75) is 26.1 Å². The summed E-state index contributed by atoms with van der Waals surface area (Å²) in [5, 5.41) is 0. The van der Waals surface area contributed by atoms with E-state index in [9.17, 15) is 22.0 Å². The molecular formula is C10H9F5O. The van der Waals surface area contributed by atoms with Gasteiger partial charge < -0.3 is 4.74 Å². The third-order valence-electron chi connectivity index (χ3n) is 1.91. The van der Waals surface area contributed by atoms with Gasteiger partial charge in [-0.3, -0.25) is 0 Å². The van der Waals surface area contributed by atoms with Crippen LogP contribution in [0, 0.1) is 13.8 Å². The minimum atomic E-state index is -5.72. The largest absolute Gasteiger partial charge is 0.499 e. The summed E-state index contributed by atoms with van der Waals surface area (Å²) in [5.74, 6) is -0.470. The highest BCUT2D eigenvalue weighted by molar-refractivity contribution is 5.36. The van der Waals surface area contributed by atoms with Crippen LogP contribution in [0.4, 0.5) is 22.0 Å². The fraction of sp³-hybridized carbons (Fsp3) is 0.400. The fourth-order valence-electron chi connectivity index (χ4n) is 1.01. The number of ether oxygens (including phenoxy) is 1. The third kappa shape index (κ3) is 2.62. The molecule has 0 amide bonds.